The Hall–Kier alpha value is -0.120. The Morgan fingerprint density at radius 2 is 1.81 bits per heavy atom. The molecule has 1 unspecified atom stereocenters. The van der Waals surface area contributed by atoms with Crippen LogP contribution in [0, 0.1) is 5.92 Å². The molecule has 0 saturated carbocycles. The lowest BCUT2D eigenvalue weighted by Gasteiger charge is -2.14. The first-order valence-corrected chi connectivity index (χ1v) is 6.52. The average molecular weight is 231 g/mol. The van der Waals surface area contributed by atoms with Gasteiger partial charge in [-0.05, 0) is 32.7 Å². The van der Waals surface area contributed by atoms with E-state index in [2.05, 4.69) is 19.2 Å². The molecule has 0 bridgehead atoms. The molecular formula is C13H29NO2. The third-order valence-corrected chi connectivity index (χ3v) is 2.39. The molecule has 0 aliphatic rings. The molecule has 0 saturated heterocycles. The summed E-state index contributed by atoms with van der Waals surface area (Å²) in [5.74, 6) is 0.796. The summed E-state index contributed by atoms with van der Waals surface area (Å²) in [6.45, 7) is 10.5. The van der Waals surface area contributed by atoms with Gasteiger partial charge in [-0.15, -0.1) is 0 Å². The fourth-order valence-electron chi connectivity index (χ4n) is 1.43. The molecule has 0 aromatic carbocycles. The van der Waals surface area contributed by atoms with Crippen molar-refractivity contribution in [1.82, 2.24) is 5.32 Å². The van der Waals surface area contributed by atoms with E-state index in [9.17, 15) is 5.11 Å². The van der Waals surface area contributed by atoms with Gasteiger partial charge in [0.1, 0.15) is 0 Å². The van der Waals surface area contributed by atoms with Crippen LogP contribution in [0.5, 0.6) is 0 Å². The van der Waals surface area contributed by atoms with E-state index < -0.39 is 0 Å². The van der Waals surface area contributed by atoms with Crippen LogP contribution in [0.1, 0.15) is 47.0 Å². The van der Waals surface area contributed by atoms with Crippen LogP contribution in [0.4, 0.5) is 0 Å². The van der Waals surface area contributed by atoms with Crippen LogP contribution in [0.25, 0.3) is 0 Å². The highest BCUT2D eigenvalue weighted by molar-refractivity contribution is 4.59. The molecule has 0 spiro atoms. The zero-order valence-electron chi connectivity index (χ0n) is 11.3. The molecule has 3 nitrogen and oxygen atoms in total. The molecule has 0 aliphatic heterocycles. The van der Waals surface area contributed by atoms with Crippen LogP contribution in [-0.4, -0.2) is 37.0 Å². The third-order valence-electron chi connectivity index (χ3n) is 2.39. The molecule has 0 fully saturated rings. The standard InChI is InChI=1S/C13H29NO2/c1-11(2)7-5-6-8-14-9-13(15)10-16-12(3)4/h11-15H,5-10H2,1-4H3. The number of hydrogen-bond donors (Lipinski definition) is 2. The molecule has 1 atom stereocenters. The van der Waals surface area contributed by atoms with Gasteiger partial charge in [-0.1, -0.05) is 26.7 Å². The second-order valence-electron chi connectivity index (χ2n) is 5.13. The van der Waals surface area contributed by atoms with E-state index in [0.29, 0.717) is 13.2 Å². The van der Waals surface area contributed by atoms with Gasteiger partial charge in [-0.2, -0.15) is 0 Å². The van der Waals surface area contributed by atoms with Gasteiger partial charge < -0.3 is 15.2 Å². The number of rotatable bonds is 10. The maximum atomic E-state index is 9.56. The largest absolute Gasteiger partial charge is 0.389 e. The van der Waals surface area contributed by atoms with E-state index in [4.69, 9.17) is 4.74 Å². The van der Waals surface area contributed by atoms with Crippen molar-refractivity contribution < 1.29 is 9.84 Å². The van der Waals surface area contributed by atoms with Gasteiger partial charge in [-0.3, -0.25) is 0 Å². The smallest absolute Gasteiger partial charge is 0.0897 e. The summed E-state index contributed by atoms with van der Waals surface area (Å²) in [7, 11) is 0. The number of nitrogens with one attached hydrogen (secondary N) is 1. The van der Waals surface area contributed by atoms with Crippen LogP contribution >= 0.6 is 0 Å². The van der Waals surface area contributed by atoms with Crippen molar-refractivity contribution in [3.05, 3.63) is 0 Å². The molecule has 0 heterocycles. The lowest BCUT2D eigenvalue weighted by Crippen LogP contribution is -2.31. The molecule has 3 heteroatoms. The molecule has 0 aromatic rings. The summed E-state index contributed by atoms with van der Waals surface area (Å²) in [4.78, 5) is 0. The summed E-state index contributed by atoms with van der Waals surface area (Å²) in [6.07, 6.45) is 3.56. The number of aliphatic hydroxyl groups is 1. The Morgan fingerprint density at radius 1 is 1.12 bits per heavy atom. The SMILES string of the molecule is CC(C)CCCCNCC(O)COC(C)C. The third kappa shape index (κ3) is 12.0. The van der Waals surface area contributed by atoms with Gasteiger partial charge in [0.25, 0.3) is 0 Å². The lowest BCUT2D eigenvalue weighted by atomic mass is 10.1. The van der Waals surface area contributed by atoms with Crippen molar-refractivity contribution >= 4 is 0 Å². The molecule has 98 valence electrons. The van der Waals surface area contributed by atoms with E-state index in [0.717, 1.165) is 12.5 Å². The molecule has 0 aromatic heterocycles. The van der Waals surface area contributed by atoms with Gasteiger partial charge in [0, 0.05) is 6.54 Å². The van der Waals surface area contributed by atoms with Gasteiger partial charge in [0.05, 0.1) is 18.8 Å². The summed E-state index contributed by atoms with van der Waals surface area (Å²) in [5.41, 5.74) is 0. The molecule has 0 radical (unpaired) electrons. The van der Waals surface area contributed by atoms with E-state index in [1.807, 2.05) is 13.8 Å². The van der Waals surface area contributed by atoms with Crippen LogP contribution in [-0.2, 0) is 4.74 Å². The van der Waals surface area contributed by atoms with Gasteiger partial charge in [-0.25, -0.2) is 0 Å². The van der Waals surface area contributed by atoms with E-state index >= 15 is 0 Å². The fraction of sp³-hybridized carbons (Fsp3) is 1.00. The van der Waals surface area contributed by atoms with Crippen LogP contribution in [0.2, 0.25) is 0 Å². The van der Waals surface area contributed by atoms with E-state index in [1.54, 1.807) is 0 Å². The zero-order valence-corrected chi connectivity index (χ0v) is 11.3. The first-order chi connectivity index (χ1) is 7.52. The quantitative estimate of drug-likeness (QED) is 0.566. The fourth-order valence-corrected chi connectivity index (χ4v) is 1.43. The summed E-state index contributed by atoms with van der Waals surface area (Å²) >= 11 is 0. The van der Waals surface area contributed by atoms with Crippen molar-refractivity contribution in [3.8, 4) is 0 Å². The first-order valence-electron chi connectivity index (χ1n) is 6.52. The summed E-state index contributed by atoms with van der Waals surface area (Å²) in [6, 6.07) is 0. The molecule has 0 rings (SSSR count). The summed E-state index contributed by atoms with van der Waals surface area (Å²) < 4.78 is 5.32. The monoisotopic (exact) mass is 231 g/mol. The van der Waals surface area contributed by atoms with Gasteiger partial charge >= 0.3 is 0 Å². The number of ether oxygens (including phenoxy) is 1. The van der Waals surface area contributed by atoms with Crippen LogP contribution in [0.3, 0.4) is 0 Å². The molecule has 0 aliphatic carbocycles. The second-order valence-corrected chi connectivity index (χ2v) is 5.13. The van der Waals surface area contributed by atoms with Gasteiger partial charge in [0.2, 0.25) is 0 Å². The Balaban J connectivity index is 3.18. The maximum Gasteiger partial charge on any atom is 0.0897 e. The van der Waals surface area contributed by atoms with Crippen molar-refractivity contribution in [2.45, 2.75) is 59.2 Å². The molecular weight excluding hydrogens is 202 g/mol. The van der Waals surface area contributed by atoms with Crippen molar-refractivity contribution in [2.75, 3.05) is 19.7 Å². The predicted molar refractivity (Wildman–Crippen MR) is 68.7 cm³/mol. The zero-order chi connectivity index (χ0) is 12.4. The highest BCUT2D eigenvalue weighted by atomic mass is 16.5. The van der Waals surface area contributed by atoms with E-state index in [1.165, 1.54) is 19.3 Å². The Morgan fingerprint density at radius 3 is 2.38 bits per heavy atom. The average Bonchev–Trinajstić information content (AvgIpc) is 2.19. The Labute approximate surface area is 101 Å². The Kier molecular flexibility index (Phi) is 9.99. The van der Waals surface area contributed by atoms with Crippen LogP contribution in [0.15, 0.2) is 0 Å². The number of hydrogen-bond acceptors (Lipinski definition) is 3. The normalized spacial score (nSPS) is 13.7. The second kappa shape index (κ2) is 10.1. The van der Waals surface area contributed by atoms with Crippen molar-refractivity contribution in [3.63, 3.8) is 0 Å². The minimum absolute atomic E-state index is 0.195. The first kappa shape index (κ1) is 15.9. The molecule has 16 heavy (non-hydrogen) atoms. The number of unbranched alkanes of at least 4 members (excludes halogenated alkanes) is 1. The van der Waals surface area contributed by atoms with Crippen molar-refractivity contribution in [2.24, 2.45) is 5.92 Å². The minimum Gasteiger partial charge on any atom is -0.389 e. The predicted octanol–water partition coefficient (Wildman–Crippen LogP) is 2.19. The lowest BCUT2D eigenvalue weighted by molar-refractivity contribution is 0.00645. The molecule has 2 N–H and O–H groups in total. The highest BCUT2D eigenvalue weighted by Gasteiger charge is 2.04. The minimum atomic E-state index is -0.382. The maximum absolute atomic E-state index is 9.56. The summed E-state index contributed by atoms with van der Waals surface area (Å²) in [5, 5.41) is 12.8. The number of aliphatic hydroxyl groups excluding tert-OH is 1. The van der Waals surface area contributed by atoms with E-state index in [-0.39, 0.29) is 12.2 Å². The Bertz CT molecular complexity index is 149. The van der Waals surface area contributed by atoms with Gasteiger partial charge in [0.15, 0.2) is 0 Å². The topological polar surface area (TPSA) is 41.5 Å². The molecule has 0 amide bonds. The highest BCUT2D eigenvalue weighted by Crippen LogP contribution is 2.04. The van der Waals surface area contributed by atoms with Crippen LogP contribution < -0.4 is 5.32 Å². The van der Waals surface area contributed by atoms with Crippen molar-refractivity contribution in [1.29, 1.82) is 0 Å².